The highest BCUT2D eigenvalue weighted by Gasteiger charge is 2.13. The van der Waals surface area contributed by atoms with Crippen LogP contribution < -0.4 is 11.1 Å². The molecule has 0 unspecified atom stereocenters. The van der Waals surface area contributed by atoms with E-state index >= 15 is 0 Å². The van der Waals surface area contributed by atoms with Crippen molar-refractivity contribution >= 4 is 11.6 Å². The molecule has 0 radical (unpaired) electrons. The summed E-state index contributed by atoms with van der Waals surface area (Å²) < 4.78 is 0. The normalized spacial score (nSPS) is 12.2. The Morgan fingerprint density at radius 2 is 2.25 bits per heavy atom. The van der Waals surface area contributed by atoms with Crippen LogP contribution >= 0.6 is 0 Å². The first-order valence-electron chi connectivity index (χ1n) is 5.40. The molecule has 0 saturated heterocycles. The molecule has 1 amide bonds. The van der Waals surface area contributed by atoms with Crippen LogP contribution in [0.25, 0.3) is 0 Å². The Morgan fingerprint density at radius 3 is 2.81 bits per heavy atom. The quantitative estimate of drug-likeness (QED) is 0.679. The monoisotopic (exact) mass is 222 g/mol. The number of aryl methyl sites for hydroxylation is 1. The van der Waals surface area contributed by atoms with E-state index in [1.165, 1.54) is 6.07 Å². The number of benzene rings is 1. The number of hydrogen-bond acceptors (Lipinski definition) is 3. The second-order valence-electron chi connectivity index (χ2n) is 3.88. The Labute approximate surface area is 95.5 Å². The maximum absolute atomic E-state index is 11.6. The third kappa shape index (κ3) is 3.24. The van der Waals surface area contributed by atoms with Crippen LogP contribution in [0.4, 0.5) is 5.69 Å². The number of amides is 1. The zero-order valence-electron chi connectivity index (χ0n) is 9.66. The minimum absolute atomic E-state index is 0.185. The third-order valence-electron chi connectivity index (χ3n) is 2.40. The molecule has 1 aromatic rings. The lowest BCUT2D eigenvalue weighted by molar-refractivity contribution is -0.117. The van der Waals surface area contributed by atoms with E-state index in [0.717, 1.165) is 12.0 Å². The van der Waals surface area contributed by atoms with Gasteiger partial charge >= 0.3 is 0 Å². The van der Waals surface area contributed by atoms with E-state index in [-0.39, 0.29) is 11.7 Å². The van der Waals surface area contributed by atoms with Gasteiger partial charge < -0.3 is 16.2 Å². The fourth-order valence-electron chi connectivity index (χ4n) is 1.46. The SMILES string of the molecule is CCC[C@H](N)C(=O)Nc1ccc(O)cc1C. The van der Waals surface area contributed by atoms with Gasteiger partial charge in [0.25, 0.3) is 0 Å². The number of rotatable bonds is 4. The van der Waals surface area contributed by atoms with Gasteiger partial charge in [-0.2, -0.15) is 0 Å². The molecule has 0 fully saturated rings. The van der Waals surface area contributed by atoms with Gasteiger partial charge in [-0.15, -0.1) is 0 Å². The van der Waals surface area contributed by atoms with Crippen LogP contribution in [-0.2, 0) is 4.79 Å². The first kappa shape index (κ1) is 12.5. The molecule has 1 aromatic carbocycles. The number of anilines is 1. The van der Waals surface area contributed by atoms with Crippen molar-refractivity contribution in [2.24, 2.45) is 5.73 Å². The molecule has 0 aliphatic carbocycles. The number of phenolic OH excluding ortho intramolecular Hbond substituents is 1. The first-order valence-corrected chi connectivity index (χ1v) is 5.40. The van der Waals surface area contributed by atoms with Gasteiger partial charge in [-0.25, -0.2) is 0 Å². The van der Waals surface area contributed by atoms with Gasteiger partial charge in [-0.1, -0.05) is 13.3 Å². The van der Waals surface area contributed by atoms with Crippen LogP contribution in [0.1, 0.15) is 25.3 Å². The number of carbonyl (C=O) groups excluding carboxylic acids is 1. The number of phenols is 1. The molecule has 0 aliphatic rings. The van der Waals surface area contributed by atoms with Crippen LogP contribution in [0, 0.1) is 6.92 Å². The maximum Gasteiger partial charge on any atom is 0.241 e. The minimum atomic E-state index is -0.474. The standard InChI is InChI=1S/C12H18N2O2/c1-3-4-10(13)12(16)14-11-6-5-9(15)7-8(11)2/h5-7,10,15H,3-4,13H2,1-2H3,(H,14,16)/t10-/m0/s1. The average Bonchev–Trinajstić information content (AvgIpc) is 2.22. The predicted molar refractivity (Wildman–Crippen MR) is 64.4 cm³/mol. The Morgan fingerprint density at radius 1 is 1.56 bits per heavy atom. The highest BCUT2D eigenvalue weighted by molar-refractivity contribution is 5.95. The summed E-state index contributed by atoms with van der Waals surface area (Å²) in [5.74, 6) is 0.00370. The molecule has 0 heterocycles. The Hall–Kier alpha value is -1.55. The molecule has 0 aliphatic heterocycles. The molecule has 4 heteroatoms. The summed E-state index contributed by atoms with van der Waals surface area (Å²) in [6, 6.07) is 4.33. The van der Waals surface area contributed by atoms with E-state index in [0.29, 0.717) is 12.1 Å². The molecule has 0 spiro atoms. The van der Waals surface area contributed by atoms with E-state index in [9.17, 15) is 9.90 Å². The lowest BCUT2D eigenvalue weighted by Crippen LogP contribution is -2.35. The lowest BCUT2D eigenvalue weighted by Gasteiger charge is -2.13. The molecule has 1 rings (SSSR count). The summed E-state index contributed by atoms with van der Waals surface area (Å²) in [4.78, 5) is 11.6. The number of carbonyl (C=O) groups is 1. The van der Waals surface area contributed by atoms with Crippen molar-refractivity contribution in [2.45, 2.75) is 32.7 Å². The van der Waals surface area contributed by atoms with Crippen LogP contribution in [0.15, 0.2) is 18.2 Å². The second kappa shape index (κ2) is 5.51. The fraction of sp³-hybridized carbons (Fsp3) is 0.417. The molecular weight excluding hydrogens is 204 g/mol. The van der Waals surface area contributed by atoms with E-state index in [1.54, 1.807) is 12.1 Å². The Kier molecular flexibility index (Phi) is 4.31. The van der Waals surface area contributed by atoms with E-state index in [1.807, 2.05) is 13.8 Å². The van der Waals surface area contributed by atoms with Gasteiger partial charge in [0.2, 0.25) is 5.91 Å². The Bertz CT molecular complexity index is 377. The molecular formula is C12H18N2O2. The Balaban J connectivity index is 2.69. The van der Waals surface area contributed by atoms with Gasteiger partial charge in [0.05, 0.1) is 6.04 Å². The molecule has 4 nitrogen and oxygen atoms in total. The predicted octanol–water partition coefficient (Wildman–Crippen LogP) is 1.77. The lowest BCUT2D eigenvalue weighted by atomic mass is 10.1. The summed E-state index contributed by atoms with van der Waals surface area (Å²) in [6.07, 6.45) is 1.55. The summed E-state index contributed by atoms with van der Waals surface area (Å²) in [6.45, 7) is 3.81. The van der Waals surface area contributed by atoms with Crippen LogP contribution in [-0.4, -0.2) is 17.1 Å². The largest absolute Gasteiger partial charge is 0.508 e. The van der Waals surface area contributed by atoms with E-state index in [4.69, 9.17) is 5.73 Å². The summed E-state index contributed by atoms with van der Waals surface area (Å²) in [5.41, 5.74) is 7.20. The van der Waals surface area contributed by atoms with E-state index < -0.39 is 6.04 Å². The van der Waals surface area contributed by atoms with Gasteiger partial charge in [0.1, 0.15) is 5.75 Å². The van der Waals surface area contributed by atoms with Crippen molar-refractivity contribution in [1.29, 1.82) is 0 Å². The van der Waals surface area contributed by atoms with Crippen molar-refractivity contribution < 1.29 is 9.90 Å². The zero-order chi connectivity index (χ0) is 12.1. The van der Waals surface area contributed by atoms with Crippen molar-refractivity contribution in [3.63, 3.8) is 0 Å². The summed E-state index contributed by atoms with van der Waals surface area (Å²) in [7, 11) is 0. The highest BCUT2D eigenvalue weighted by atomic mass is 16.3. The highest BCUT2D eigenvalue weighted by Crippen LogP contribution is 2.20. The number of aromatic hydroxyl groups is 1. The molecule has 0 aromatic heterocycles. The smallest absolute Gasteiger partial charge is 0.241 e. The van der Waals surface area contributed by atoms with Crippen molar-refractivity contribution in [3.8, 4) is 5.75 Å². The average molecular weight is 222 g/mol. The van der Waals surface area contributed by atoms with Crippen molar-refractivity contribution in [1.82, 2.24) is 0 Å². The number of nitrogens with one attached hydrogen (secondary N) is 1. The van der Waals surface area contributed by atoms with Crippen molar-refractivity contribution in [2.75, 3.05) is 5.32 Å². The fourth-order valence-corrected chi connectivity index (χ4v) is 1.46. The molecule has 4 N–H and O–H groups in total. The molecule has 0 saturated carbocycles. The van der Waals surface area contributed by atoms with Crippen LogP contribution in [0.3, 0.4) is 0 Å². The van der Waals surface area contributed by atoms with Gasteiger partial charge in [0.15, 0.2) is 0 Å². The van der Waals surface area contributed by atoms with Gasteiger partial charge in [-0.05, 0) is 37.1 Å². The topological polar surface area (TPSA) is 75.4 Å². The number of hydrogen-bond donors (Lipinski definition) is 3. The molecule has 0 bridgehead atoms. The van der Waals surface area contributed by atoms with Gasteiger partial charge in [0, 0.05) is 5.69 Å². The second-order valence-corrected chi connectivity index (χ2v) is 3.88. The van der Waals surface area contributed by atoms with Crippen molar-refractivity contribution in [3.05, 3.63) is 23.8 Å². The molecule has 1 atom stereocenters. The number of nitrogens with two attached hydrogens (primary N) is 1. The molecule has 88 valence electrons. The minimum Gasteiger partial charge on any atom is -0.508 e. The molecule has 16 heavy (non-hydrogen) atoms. The van der Waals surface area contributed by atoms with Gasteiger partial charge in [-0.3, -0.25) is 4.79 Å². The summed E-state index contributed by atoms with van der Waals surface area (Å²) >= 11 is 0. The zero-order valence-corrected chi connectivity index (χ0v) is 9.66. The van der Waals surface area contributed by atoms with Crippen LogP contribution in [0.2, 0.25) is 0 Å². The summed E-state index contributed by atoms with van der Waals surface area (Å²) in [5, 5.41) is 12.0. The van der Waals surface area contributed by atoms with Crippen LogP contribution in [0.5, 0.6) is 5.75 Å². The first-order chi connectivity index (χ1) is 7.54. The maximum atomic E-state index is 11.6. The van der Waals surface area contributed by atoms with E-state index in [2.05, 4.69) is 5.32 Å². The third-order valence-corrected chi connectivity index (χ3v) is 2.40.